The van der Waals surface area contributed by atoms with Crippen molar-refractivity contribution in [2.45, 2.75) is 33.2 Å². The van der Waals surface area contributed by atoms with Crippen LogP contribution in [0.25, 0.3) is 21.9 Å². The fourth-order valence-corrected chi connectivity index (χ4v) is 2.76. The van der Waals surface area contributed by atoms with Gasteiger partial charge in [-0.3, -0.25) is 9.59 Å². The first-order valence-electron chi connectivity index (χ1n) is 7.74. The Morgan fingerprint density at radius 2 is 1.92 bits per heavy atom. The van der Waals surface area contributed by atoms with E-state index in [4.69, 9.17) is 13.9 Å². The summed E-state index contributed by atoms with van der Waals surface area (Å²) >= 11 is 0. The van der Waals surface area contributed by atoms with Gasteiger partial charge in [0, 0.05) is 16.8 Å². The second-order valence-corrected chi connectivity index (χ2v) is 6.06. The summed E-state index contributed by atoms with van der Waals surface area (Å²) in [6.45, 7) is 5.01. The molecule has 3 rings (SSSR count). The lowest BCUT2D eigenvalue weighted by atomic mass is 10.0. The number of amides is 1. The summed E-state index contributed by atoms with van der Waals surface area (Å²) in [4.78, 5) is 35.1. The molecular formula is C18H17NO6. The molecular weight excluding hydrogens is 326 g/mol. The number of carboxylic acid groups (broad SMARTS) is 1. The Morgan fingerprint density at radius 3 is 2.60 bits per heavy atom. The molecule has 2 aromatic heterocycles. The Balaban J connectivity index is 2.05. The molecule has 2 N–H and O–H groups in total. The molecule has 0 bridgehead atoms. The number of aryl methyl sites for hydroxylation is 2. The van der Waals surface area contributed by atoms with Gasteiger partial charge in [0.2, 0.25) is 5.91 Å². The van der Waals surface area contributed by atoms with Crippen LogP contribution >= 0.6 is 0 Å². The van der Waals surface area contributed by atoms with Gasteiger partial charge in [-0.15, -0.1) is 0 Å². The largest absolute Gasteiger partial charge is 0.480 e. The van der Waals surface area contributed by atoms with Gasteiger partial charge in [0.05, 0.1) is 18.2 Å². The van der Waals surface area contributed by atoms with Crippen molar-refractivity contribution >= 4 is 33.8 Å². The maximum absolute atomic E-state index is 12.3. The number of benzene rings is 1. The van der Waals surface area contributed by atoms with Crippen LogP contribution in [0.5, 0.6) is 0 Å². The van der Waals surface area contributed by atoms with Crippen LogP contribution in [0.4, 0.5) is 0 Å². The first-order valence-corrected chi connectivity index (χ1v) is 7.74. The van der Waals surface area contributed by atoms with Gasteiger partial charge in [0.15, 0.2) is 0 Å². The molecule has 2 heterocycles. The minimum absolute atomic E-state index is 0.211. The van der Waals surface area contributed by atoms with E-state index in [1.165, 1.54) is 6.92 Å². The molecule has 0 saturated carbocycles. The number of aliphatic carboxylic acids is 1. The van der Waals surface area contributed by atoms with E-state index in [1.54, 1.807) is 19.3 Å². The van der Waals surface area contributed by atoms with E-state index in [0.717, 1.165) is 10.9 Å². The average molecular weight is 343 g/mol. The van der Waals surface area contributed by atoms with Gasteiger partial charge in [0.25, 0.3) is 0 Å². The molecule has 1 atom stereocenters. The molecule has 0 radical (unpaired) electrons. The van der Waals surface area contributed by atoms with Gasteiger partial charge < -0.3 is 19.3 Å². The summed E-state index contributed by atoms with van der Waals surface area (Å²) < 4.78 is 10.7. The lowest BCUT2D eigenvalue weighted by Gasteiger charge is -2.11. The van der Waals surface area contributed by atoms with Crippen LogP contribution < -0.4 is 10.9 Å². The number of carbonyl (C=O) groups excluding carboxylic acids is 1. The minimum Gasteiger partial charge on any atom is -0.480 e. The maximum atomic E-state index is 12.3. The Bertz CT molecular complexity index is 1060. The minimum atomic E-state index is -1.14. The zero-order valence-electron chi connectivity index (χ0n) is 14.0. The van der Waals surface area contributed by atoms with Crippen LogP contribution in [0.1, 0.15) is 23.6 Å². The van der Waals surface area contributed by atoms with Crippen LogP contribution in [0, 0.1) is 13.8 Å². The zero-order chi connectivity index (χ0) is 18.3. The molecule has 7 heteroatoms. The van der Waals surface area contributed by atoms with Gasteiger partial charge in [-0.2, -0.15) is 0 Å². The number of hydrogen-bond donors (Lipinski definition) is 2. The molecule has 1 amide bonds. The van der Waals surface area contributed by atoms with Crippen LogP contribution in [0.3, 0.4) is 0 Å². The van der Waals surface area contributed by atoms with Crippen molar-refractivity contribution in [1.82, 2.24) is 5.32 Å². The Labute approximate surface area is 142 Å². The quantitative estimate of drug-likeness (QED) is 0.703. The van der Waals surface area contributed by atoms with E-state index in [0.29, 0.717) is 22.1 Å². The lowest BCUT2D eigenvalue weighted by molar-refractivity contribution is -0.141. The van der Waals surface area contributed by atoms with E-state index in [9.17, 15) is 14.4 Å². The number of furan rings is 1. The normalized spacial score (nSPS) is 12.4. The van der Waals surface area contributed by atoms with Crippen molar-refractivity contribution in [1.29, 1.82) is 0 Å². The summed E-state index contributed by atoms with van der Waals surface area (Å²) in [6, 6.07) is 2.49. The summed E-state index contributed by atoms with van der Waals surface area (Å²) in [6.07, 6.45) is 1.38. The van der Waals surface area contributed by atoms with Crippen molar-refractivity contribution in [3.05, 3.63) is 45.5 Å². The Kier molecular flexibility index (Phi) is 4.08. The predicted molar refractivity (Wildman–Crippen MR) is 90.7 cm³/mol. The highest BCUT2D eigenvalue weighted by Gasteiger charge is 2.19. The molecule has 130 valence electrons. The molecule has 7 nitrogen and oxygen atoms in total. The molecule has 0 spiro atoms. The molecule has 0 aliphatic carbocycles. The number of rotatable bonds is 4. The number of hydrogen-bond acceptors (Lipinski definition) is 5. The number of carbonyl (C=O) groups is 2. The first kappa shape index (κ1) is 16.8. The number of nitrogens with one attached hydrogen (secondary N) is 1. The van der Waals surface area contributed by atoms with Gasteiger partial charge >= 0.3 is 11.6 Å². The molecule has 0 unspecified atom stereocenters. The third kappa shape index (κ3) is 3.00. The molecule has 25 heavy (non-hydrogen) atoms. The van der Waals surface area contributed by atoms with E-state index in [-0.39, 0.29) is 12.0 Å². The molecule has 0 aliphatic rings. The zero-order valence-corrected chi connectivity index (χ0v) is 14.0. The number of carboxylic acids is 1. The third-order valence-electron chi connectivity index (χ3n) is 4.26. The molecule has 0 fully saturated rings. The smallest absolute Gasteiger partial charge is 0.340 e. The summed E-state index contributed by atoms with van der Waals surface area (Å²) in [5.41, 5.74) is 2.18. The highest BCUT2D eigenvalue weighted by Crippen LogP contribution is 2.28. The van der Waals surface area contributed by atoms with Crippen molar-refractivity contribution in [3.8, 4) is 0 Å². The van der Waals surface area contributed by atoms with Gasteiger partial charge in [-0.1, -0.05) is 0 Å². The second kappa shape index (κ2) is 6.08. The van der Waals surface area contributed by atoms with Crippen LogP contribution in [0.2, 0.25) is 0 Å². The van der Waals surface area contributed by atoms with E-state index in [1.807, 2.05) is 13.0 Å². The van der Waals surface area contributed by atoms with E-state index < -0.39 is 23.5 Å². The SMILES string of the molecule is Cc1coc2cc3oc(=O)c(CC(=O)N[C@@H](C)C(=O)O)c(C)c3cc12. The van der Waals surface area contributed by atoms with Crippen molar-refractivity contribution < 1.29 is 23.5 Å². The third-order valence-corrected chi connectivity index (χ3v) is 4.26. The fourth-order valence-electron chi connectivity index (χ4n) is 2.76. The Morgan fingerprint density at radius 1 is 1.20 bits per heavy atom. The van der Waals surface area contributed by atoms with Crippen LogP contribution in [0.15, 0.2) is 32.0 Å². The van der Waals surface area contributed by atoms with Gasteiger partial charge in [-0.05, 0) is 38.0 Å². The van der Waals surface area contributed by atoms with Gasteiger partial charge in [-0.25, -0.2) is 4.79 Å². The van der Waals surface area contributed by atoms with E-state index >= 15 is 0 Å². The maximum Gasteiger partial charge on any atom is 0.340 e. The topological polar surface area (TPSA) is 110 Å². The molecule has 0 aliphatic heterocycles. The van der Waals surface area contributed by atoms with Crippen molar-refractivity contribution in [2.75, 3.05) is 0 Å². The monoisotopic (exact) mass is 343 g/mol. The summed E-state index contributed by atoms with van der Waals surface area (Å²) in [7, 11) is 0. The molecule has 0 saturated heterocycles. The van der Waals surface area contributed by atoms with Gasteiger partial charge in [0.1, 0.15) is 17.2 Å². The average Bonchev–Trinajstić information content (AvgIpc) is 2.90. The molecule has 3 aromatic rings. The van der Waals surface area contributed by atoms with Crippen molar-refractivity contribution in [2.24, 2.45) is 0 Å². The Hall–Kier alpha value is -3.09. The fraction of sp³-hybridized carbons (Fsp3) is 0.278. The summed E-state index contributed by atoms with van der Waals surface area (Å²) in [5.74, 6) is -1.70. The van der Waals surface area contributed by atoms with Crippen LogP contribution in [-0.4, -0.2) is 23.0 Å². The number of fused-ring (bicyclic) bond motifs is 2. The lowest BCUT2D eigenvalue weighted by Crippen LogP contribution is -2.39. The molecule has 1 aromatic carbocycles. The highest BCUT2D eigenvalue weighted by atomic mass is 16.4. The highest BCUT2D eigenvalue weighted by molar-refractivity contribution is 5.96. The van der Waals surface area contributed by atoms with Crippen LogP contribution in [-0.2, 0) is 16.0 Å². The van der Waals surface area contributed by atoms with E-state index in [2.05, 4.69) is 5.32 Å². The first-order chi connectivity index (χ1) is 11.8. The predicted octanol–water partition coefficient (Wildman–Crippen LogP) is 2.29. The van der Waals surface area contributed by atoms with Crippen molar-refractivity contribution in [3.63, 3.8) is 0 Å². The summed E-state index contributed by atoms with van der Waals surface area (Å²) in [5, 5.41) is 12.8. The standard InChI is InChI=1S/C18H17NO6/c1-8-7-24-14-6-15-12(4-11(8)14)9(2)13(18(23)25-15)5-16(20)19-10(3)17(21)22/h4,6-7,10H,5H2,1-3H3,(H,19,20)(H,21,22)/t10-/m0/s1. The second-order valence-electron chi connectivity index (χ2n) is 6.06.